The Kier molecular flexibility index (Phi) is 2.11. The van der Waals surface area contributed by atoms with E-state index in [9.17, 15) is 4.79 Å². The van der Waals surface area contributed by atoms with Gasteiger partial charge in [0.15, 0.2) is 11.4 Å². The SMILES string of the molecule is COC(=O)c1oc(OC)c2nc(C)oc12. The first-order valence-electron chi connectivity index (χ1n) is 4.19. The lowest BCUT2D eigenvalue weighted by Gasteiger charge is -1.93. The molecule has 2 rings (SSSR count). The normalized spacial score (nSPS) is 10.6. The van der Waals surface area contributed by atoms with E-state index in [4.69, 9.17) is 13.6 Å². The fourth-order valence-corrected chi connectivity index (χ4v) is 1.27. The quantitative estimate of drug-likeness (QED) is 0.701. The first-order valence-corrected chi connectivity index (χ1v) is 4.19. The van der Waals surface area contributed by atoms with Gasteiger partial charge in [-0.05, 0) is 0 Å². The Labute approximate surface area is 84.8 Å². The van der Waals surface area contributed by atoms with Crippen LogP contribution in [0.2, 0.25) is 0 Å². The molecular formula is C9H9NO5. The summed E-state index contributed by atoms with van der Waals surface area (Å²) < 4.78 is 19.8. The van der Waals surface area contributed by atoms with Gasteiger partial charge in [0.2, 0.25) is 5.58 Å². The van der Waals surface area contributed by atoms with Crippen LogP contribution in [0.5, 0.6) is 5.95 Å². The van der Waals surface area contributed by atoms with E-state index in [2.05, 4.69) is 9.72 Å². The van der Waals surface area contributed by atoms with Gasteiger partial charge in [-0.25, -0.2) is 9.78 Å². The first-order chi connectivity index (χ1) is 7.17. The largest absolute Gasteiger partial charge is 0.467 e. The highest BCUT2D eigenvalue weighted by atomic mass is 16.6. The van der Waals surface area contributed by atoms with E-state index in [0.29, 0.717) is 11.4 Å². The lowest BCUT2D eigenvalue weighted by molar-refractivity contribution is 0.0560. The standard InChI is InChI=1S/C9H9NO5/c1-4-10-5-6(14-4)7(8(11)12-2)15-9(5)13-3/h1-3H3. The van der Waals surface area contributed by atoms with E-state index < -0.39 is 5.97 Å². The van der Waals surface area contributed by atoms with Crippen LogP contribution in [0, 0.1) is 6.92 Å². The molecule has 0 atom stereocenters. The Morgan fingerprint density at radius 3 is 2.67 bits per heavy atom. The van der Waals surface area contributed by atoms with Crippen LogP contribution in [0.4, 0.5) is 0 Å². The summed E-state index contributed by atoms with van der Waals surface area (Å²) in [5, 5.41) is 0. The van der Waals surface area contributed by atoms with E-state index >= 15 is 0 Å². The van der Waals surface area contributed by atoms with Gasteiger partial charge in [-0.15, -0.1) is 0 Å². The van der Waals surface area contributed by atoms with Gasteiger partial charge in [-0.1, -0.05) is 0 Å². The van der Waals surface area contributed by atoms with Crippen molar-refractivity contribution in [3.8, 4) is 5.95 Å². The average Bonchev–Trinajstić information content (AvgIpc) is 2.73. The number of aryl methyl sites for hydroxylation is 1. The Morgan fingerprint density at radius 1 is 1.33 bits per heavy atom. The Bertz CT molecular complexity index is 510. The van der Waals surface area contributed by atoms with E-state index in [0.717, 1.165) is 0 Å². The minimum absolute atomic E-state index is 0.0371. The van der Waals surface area contributed by atoms with Crippen LogP contribution in [0.15, 0.2) is 8.83 Å². The second kappa shape index (κ2) is 3.30. The van der Waals surface area contributed by atoms with Crippen molar-refractivity contribution in [2.45, 2.75) is 6.92 Å². The molecule has 80 valence electrons. The number of nitrogens with zero attached hydrogens (tertiary/aromatic N) is 1. The summed E-state index contributed by atoms with van der Waals surface area (Å²) in [6.45, 7) is 1.67. The van der Waals surface area contributed by atoms with Crippen LogP contribution in [0.25, 0.3) is 11.1 Å². The predicted octanol–water partition coefficient (Wildman–Crippen LogP) is 1.52. The van der Waals surface area contributed by atoms with Crippen LogP contribution in [-0.4, -0.2) is 25.2 Å². The molecule has 2 aromatic heterocycles. The first kappa shape index (κ1) is 9.57. The smallest absolute Gasteiger partial charge is 0.378 e. The lowest BCUT2D eigenvalue weighted by atomic mass is 10.4. The topological polar surface area (TPSA) is 74.7 Å². The van der Waals surface area contributed by atoms with Crippen LogP contribution < -0.4 is 4.74 Å². The van der Waals surface area contributed by atoms with E-state index in [-0.39, 0.29) is 17.3 Å². The number of carbonyl (C=O) groups excluding carboxylic acids is 1. The van der Waals surface area contributed by atoms with Crippen molar-refractivity contribution in [1.29, 1.82) is 0 Å². The number of ether oxygens (including phenoxy) is 2. The number of furan rings is 1. The van der Waals surface area contributed by atoms with Gasteiger partial charge in [-0.2, -0.15) is 0 Å². The zero-order valence-corrected chi connectivity index (χ0v) is 8.49. The highest BCUT2D eigenvalue weighted by Gasteiger charge is 2.25. The molecule has 6 heteroatoms. The fraction of sp³-hybridized carbons (Fsp3) is 0.333. The summed E-state index contributed by atoms with van der Waals surface area (Å²) >= 11 is 0. The van der Waals surface area contributed by atoms with Gasteiger partial charge >= 0.3 is 11.9 Å². The van der Waals surface area contributed by atoms with Crippen molar-refractivity contribution in [2.75, 3.05) is 14.2 Å². The third kappa shape index (κ3) is 1.34. The molecule has 0 aliphatic rings. The summed E-state index contributed by atoms with van der Waals surface area (Å²) in [5.74, 6) is -0.0918. The number of fused-ring (bicyclic) bond motifs is 1. The molecule has 0 N–H and O–H groups in total. The summed E-state index contributed by atoms with van der Waals surface area (Å²) in [5.41, 5.74) is 0.631. The number of aromatic nitrogens is 1. The molecule has 2 aromatic rings. The van der Waals surface area contributed by atoms with Gasteiger partial charge in [0, 0.05) is 6.92 Å². The second-order valence-corrected chi connectivity index (χ2v) is 2.82. The van der Waals surface area contributed by atoms with E-state index in [1.54, 1.807) is 6.92 Å². The maximum Gasteiger partial charge on any atom is 0.378 e. The predicted molar refractivity (Wildman–Crippen MR) is 48.9 cm³/mol. The Hall–Kier alpha value is -1.98. The fourth-order valence-electron chi connectivity index (χ4n) is 1.27. The molecule has 0 radical (unpaired) electrons. The minimum Gasteiger partial charge on any atom is -0.467 e. The summed E-state index contributed by atoms with van der Waals surface area (Å²) in [4.78, 5) is 15.3. The highest BCUT2D eigenvalue weighted by molar-refractivity contribution is 6.00. The number of carbonyl (C=O) groups is 1. The molecule has 0 aliphatic carbocycles. The molecule has 2 heterocycles. The van der Waals surface area contributed by atoms with Gasteiger partial charge in [0.1, 0.15) is 0 Å². The maximum atomic E-state index is 11.3. The van der Waals surface area contributed by atoms with E-state index in [1.807, 2.05) is 0 Å². The van der Waals surface area contributed by atoms with Crippen molar-refractivity contribution in [2.24, 2.45) is 0 Å². The number of esters is 1. The molecule has 6 nitrogen and oxygen atoms in total. The molecule has 0 spiro atoms. The molecule has 0 saturated heterocycles. The summed E-state index contributed by atoms with van der Waals surface area (Å²) in [7, 11) is 2.68. The molecule has 0 amide bonds. The third-order valence-electron chi connectivity index (χ3n) is 1.88. The molecule has 0 unspecified atom stereocenters. The van der Waals surface area contributed by atoms with Crippen molar-refractivity contribution < 1.29 is 23.1 Å². The van der Waals surface area contributed by atoms with Gasteiger partial charge in [0.25, 0.3) is 5.76 Å². The zero-order valence-electron chi connectivity index (χ0n) is 8.49. The molecule has 0 aromatic carbocycles. The zero-order chi connectivity index (χ0) is 11.0. The number of oxazole rings is 1. The van der Waals surface area contributed by atoms with Crippen LogP contribution in [0.3, 0.4) is 0 Å². The molecule has 0 fully saturated rings. The third-order valence-corrected chi connectivity index (χ3v) is 1.88. The number of hydrogen-bond donors (Lipinski definition) is 0. The van der Waals surface area contributed by atoms with Crippen molar-refractivity contribution in [3.05, 3.63) is 11.7 Å². The number of methoxy groups -OCH3 is 2. The maximum absolute atomic E-state index is 11.3. The lowest BCUT2D eigenvalue weighted by Crippen LogP contribution is -1.99. The van der Waals surface area contributed by atoms with Crippen LogP contribution in [0.1, 0.15) is 16.4 Å². The molecule has 15 heavy (non-hydrogen) atoms. The van der Waals surface area contributed by atoms with Crippen molar-refractivity contribution >= 4 is 17.1 Å². The molecular weight excluding hydrogens is 202 g/mol. The van der Waals surface area contributed by atoms with Gasteiger partial charge in [-0.3, -0.25) is 0 Å². The Balaban J connectivity index is 2.68. The van der Waals surface area contributed by atoms with Crippen LogP contribution >= 0.6 is 0 Å². The monoisotopic (exact) mass is 211 g/mol. The second-order valence-electron chi connectivity index (χ2n) is 2.82. The molecule has 0 bridgehead atoms. The average molecular weight is 211 g/mol. The highest BCUT2D eigenvalue weighted by Crippen LogP contribution is 2.32. The molecule has 0 saturated carbocycles. The molecule has 0 aliphatic heterocycles. The Morgan fingerprint density at radius 2 is 2.07 bits per heavy atom. The van der Waals surface area contributed by atoms with Crippen LogP contribution in [-0.2, 0) is 4.74 Å². The van der Waals surface area contributed by atoms with Gasteiger partial charge < -0.3 is 18.3 Å². The van der Waals surface area contributed by atoms with Crippen molar-refractivity contribution in [3.63, 3.8) is 0 Å². The number of hydrogen-bond acceptors (Lipinski definition) is 6. The van der Waals surface area contributed by atoms with Crippen molar-refractivity contribution in [1.82, 2.24) is 4.98 Å². The number of rotatable bonds is 2. The summed E-state index contributed by atoms with van der Waals surface area (Å²) in [6.07, 6.45) is 0. The minimum atomic E-state index is -0.626. The summed E-state index contributed by atoms with van der Waals surface area (Å²) in [6, 6.07) is 0. The van der Waals surface area contributed by atoms with Gasteiger partial charge in [0.05, 0.1) is 14.2 Å². The van der Waals surface area contributed by atoms with E-state index in [1.165, 1.54) is 14.2 Å².